The maximum absolute atomic E-state index is 12.7. The van der Waals surface area contributed by atoms with Gasteiger partial charge in [-0.25, -0.2) is 4.79 Å². The van der Waals surface area contributed by atoms with Crippen LogP contribution in [0.2, 0.25) is 0 Å². The molecule has 0 saturated carbocycles. The Morgan fingerprint density at radius 3 is 2.50 bits per heavy atom. The van der Waals surface area contributed by atoms with Crippen molar-refractivity contribution >= 4 is 17.7 Å². The standard InChI is InChI=1S/C23H25NO6/c1-17(25)18-9-11-20(12-10-18)29-16-23(27)30-15-22(26)24(14-21-8-5-13-28-21)19-6-3-2-4-7-19/h5-6,8-13H,2-4,7,14-16H2,1H3. The lowest BCUT2D eigenvalue weighted by molar-refractivity contribution is -0.153. The van der Waals surface area contributed by atoms with Crippen molar-refractivity contribution in [2.75, 3.05) is 13.2 Å². The number of Topliss-reactive ketones (excluding diaryl/α,β-unsaturated/α-hetero) is 1. The number of rotatable bonds is 9. The fraction of sp³-hybridized carbons (Fsp3) is 0.348. The monoisotopic (exact) mass is 411 g/mol. The van der Waals surface area contributed by atoms with Crippen LogP contribution >= 0.6 is 0 Å². The van der Waals surface area contributed by atoms with Crippen LogP contribution < -0.4 is 4.74 Å². The first-order valence-corrected chi connectivity index (χ1v) is 9.94. The predicted octanol–water partition coefficient (Wildman–Crippen LogP) is 3.89. The van der Waals surface area contributed by atoms with Crippen LogP contribution in [0.3, 0.4) is 0 Å². The molecule has 0 unspecified atom stereocenters. The second kappa shape index (κ2) is 10.4. The molecule has 1 amide bonds. The molecule has 1 heterocycles. The Morgan fingerprint density at radius 2 is 1.87 bits per heavy atom. The van der Waals surface area contributed by atoms with Gasteiger partial charge in [0.05, 0.1) is 12.8 Å². The molecule has 2 aromatic rings. The van der Waals surface area contributed by atoms with Crippen LogP contribution in [-0.4, -0.2) is 35.8 Å². The molecule has 7 nitrogen and oxygen atoms in total. The van der Waals surface area contributed by atoms with Crippen molar-refractivity contribution in [3.8, 4) is 5.75 Å². The molecule has 158 valence electrons. The molecule has 0 spiro atoms. The first-order chi connectivity index (χ1) is 14.5. The number of furan rings is 1. The average molecular weight is 411 g/mol. The van der Waals surface area contributed by atoms with E-state index in [0.717, 1.165) is 31.4 Å². The molecule has 0 saturated heterocycles. The third-order valence-corrected chi connectivity index (χ3v) is 4.78. The van der Waals surface area contributed by atoms with Crippen molar-refractivity contribution in [2.24, 2.45) is 0 Å². The number of hydrogen-bond donors (Lipinski definition) is 0. The van der Waals surface area contributed by atoms with Crippen LogP contribution in [0.4, 0.5) is 0 Å². The van der Waals surface area contributed by atoms with Gasteiger partial charge in [-0.2, -0.15) is 0 Å². The van der Waals surface area contributed by atoms with Crippen LogP contribution in [0.1, 0.15) is 48.7 Å². The molecule has 0 bridgehead atoms. The first kappa shape index (κ1) is 21.4. The second-order valence-corrected chi connectivity index (χ2v) is 7.03. The average Bonchev–Trinajstić information content (AvgIpc) is 3.28. The molecule has 30 heavy (non-hydrogen) atoms. The summed E-state index contributed by atoms with van der Waals surface area (Å²) in [7, 11) is 0. The first-order valence-electron chi connectivity index (χ1n) is 9.94. The number of nitrogens with zero attached hydrogens (tertiary/aromatic N) is 1. The highest BCUT2D eigenvalue weighted by atomic mass is 16.6. The summed E-state index contributed by atoms with van der Waals surface area (Å²) in [6.45, 7) is 1.08. The zero-order valence-electron chi connectivity index (χ0n) is 17.0. The van der Waals surface area contributed by atoms with Crippen molar-refractivity contribution in [1.82, 2.24) is 4.90 Å². The summed E-state index contributed by atoms with van der Waals surface area (Å²) in [5.74, 6) is 0.105. The van der Waals surface area contributed by atoms with Crippen LogP contribution in [0.25, 0.3) is 0 Å². The summed E-state index contributed by atoms with van der Waals surface area (Å²) in [4.78, 5) is 37.6. The fourth-order valence-corrected chi connectivity index (χ4v) is 3.16. The summed E-state index contributed by atoms with van der Waals surface area (Å²) in [6, 6.07) is 10.0. The van der Waals surface area contributed by atoms with Gasteiger partial charge in [-0.05, 0) is 69.0 Å². The van der Waals surface area contributed by atoms with Gasteiger partial charge in [0.2, 0.25) is 0 Å². The molecule has 1 aliphatic carbocycles. The molecule has 1 aromatic carbocycles. The summed E-state index contributed by atoms with van der Waals surface area (Å²) < 4.78 is 15.8. The number of amides is 1. The summed E-state index contributed by atoms with van der Waals surface area (Å²) in [5.41, 5.74) is 1.49. The Kier molecular flexibility index (Phi) is 7.43. The maximum Gasteiger partial charge on any atom is 0.344 e. The SMILES string of the molecule is CC(=O)c1ccc(OCC(=O)OCC(=O)N(Cc2ccco2)C2=CCCCC2)cc1. The van der Waals surface area contributed by atoms with Crippen molar-refractivity contribution < 1.29 is 28.3 Å². The Balaban J connectivity index is 1.51. The zero-order chi connectivity index (χ0) is 21.3. The summed E-state index contributed by atoms with van der Waals surface area (Å²) in [5, 5.41) is 0. The number of hydrogen-bond acceptors (Lipinski definition) is 6. The minimum Gasteiger partial charge on any atom is -0.482 e. The Bertz CT molecular complexity index is 898. The van der Waals surface area contributed by atoms with Gasteiger partial charge in [0.1, 0.15) is 11.5 Å². The van der Waals surface area contributed by atoms with E-state index in [-0.39, 0.29) is 24.9 Å². The molecule has 0 fully saturated rings. The van der Waals surface area contributed by atoms with Crippen molar-refractivity contribution in [3.63, 3.8) is 0 Å². The lowest BCUT2D eigenvalue weighted by Gasteiger charge is -2.26. The highest BCUT2D eigenvalue weighted by molar-refractivity contribution is 5.94. The van der Waals surface area contributed by atoms with E-state index >= 15 is 0 Å². The van der Waals surface area contributed by atoms with Crippen molar-refractivity contribution in [2.45, 2.75) is 39.2 Å². The number of allylic oxidation sites excluding steroid dienone is 2. The van der Waals surface area contributed by atoms with E-state index in [1.807, 2.05) is 0 Å². The predicted molar refractivity (Wildman–Crippen MR) is 109 cm³/mol. The molecule has 1 aromatic heterocycles. The van der Waals surface area contributed by atoms with Crippen LogP contribution in [-0.2, 0) is 20.9 Å². The van der Waals surface area contributed by atoms with Crippen LogP contribution in [0.5, 0.6) is 5.75 Å². The molecular weight excluding hydrogens is 386 g/mol. The van der Waals surface area contributed by atoms with E-state index < -0.39 is 5.97 Å². The number of carbonyl (C=O) groups excluding carboxylic acids is 3. The normalized spacial score (nSPS) is 13.3. The molecule has 0 atom stereocenters. The minimum atomic E-state index is -0.644. The molecule has 0 radical (unpaired) electrons. The van der Waals surface area contributed by atoms with E-state index in [2.05, 4.69) is 6.08 Å². The second-order valence-electron chi connectivity index (χ2n) is 7.03. The van der Waals surface area contributed by atoms with Gasteiger partial charge in [0.25, 0.3) is 5.91 Å². The number of ether oxygens (including phenoxy) is 2. The highest BCUT2D eigenvalue weighted by Gasteiger charge is 2.22. The highest BCUT2D eigenvalue weighted by Crippen LogP contribution is 2.23. The third-order valence-electron chi connectivity index (χ3n) is 4.78. The van der Waals surface area contributed by atoms with Gasteiger partial charge >= 0.3 is 5.97 Å². The fourth-order valence-electron chi connectivity index (χ4n) is 3.16. The van der Waals surface area contributed by atoms with Crippen LogP contribution in [0.15, 0.2) is 58.9 Å². The van der Waals surface area contributed by atoms with Crippen LogP contribution in [0, 0.1) is 0 Å². The molecule has 7 heteroatoms. The van der Waals surface area contributed by atoms with E-state index in [9.17, 15) is 14.4 Å². The maximum atomic E-state index is 12.7. The van der Waals surface area contributed by atoms with E-state index in [1.54, 1.807) is 47.6 Å². The molecule has 0 aliphatic heterocycles. The van der Waals surface area contributed by atoms with Crippen molar-refractivity contribution in [1.29, 1.82) is 0 Å². The van der Waals surface area contributed by atoms with Gasteiger partial charge in [-0.15, -0.1) is 0 Å². The summed E-state index contributed by atoms with van der Waals surface area (Å²) in [6.07, 6.45) is 7.47. The van der Waals surface area contributed by atoms with Gasteiger partial charge in [-0.1, -0.05) is 6.08 Å². The Labute approximate surface area is 175 Å². The van der Waals surface area contributed by atoms with Gasteiger partial charge < -0.3 is 18.8 Å². The topological polar surface area (TPSA) is 86.1 Å². The molecule has 1 aliphatic rings. The Hall–Kier alpha value is -3.35. The molecular formula is C23H25NO6. The molecule has 0 N–H and O–H groups in total. The smallest absolute Gasteiger partial charge is 0.344 e. The summed E-state index contributed by atoms with van der Waals surface area (Å²) >= 11 is 0. The third kappa shape index (κ3) is 6.07. The minimum absolute atomic E-state index is 0.0494. The number of esters is 1. The van der Waals surface area contributed by atoms with Gasteiger partial charge in [-0.3, -0.25) is 9.59 Å². The number of benzene rings is 1. The van der Waals surface area contributed by atoms with E-state index in [1.165, 1.54) is 6.92 Å². The Morgan fingerprint density at radius 1 is 1.07 bits per heavy atom. The van der Waals surface area contributed by atoms with Crippen molar-refractivity contribution in [3.05, 3.63) is 65.8 Å². The number of carbonyl (C=O) groups is 3. The zero-order valence-corrected chi connectivity index (χ0v) is 17.0. The van der Waals surface area contributed by atoms with Gasteiger partial charge in [0, 0.05) is 11.3 Å². The number of ketones is 1. The van der Waals surface area contributed by atoms with E-state index in [0.29, 0.717) is 23.6 Å². The molecule has 3 rings (SSSR count). The largest absolute Gasteiger partial charge is 0.482 e. The van der Waals surface area contributed by atoms with E-state index in [4.69, 9.17) is 13.9 Å². The van der Waals surface area contributed by atoms with Gasteiger partial charge in [0.15, 0.2) is 19.0 Å². The quantitative estimate of drug-likeness (QED) is 0.460. The lowest BCUT2D eigenvalue weighted by Crippen LogP contribution is -2.34. The lowest BCUT2D eigenvalue weighted by atomic mass is 10.0.